The van der Waals surface area contributed by atoms with Gasteiger partial charge in [0.05, 0.1) is 19.4 Å². The van der Waals surface area contributed by atoms with Gasteiger partial charge in [-0.1, -0.05) is 0 Å². The Morgan fingerprint density at radius 1 is 1.39 bits per heavy atom. The molecule has 0 unspecified atom stereocenters. The number of methoxy groups -OCH3 is 1. The van der Waals surface area contributed by atoms with E-state index in [0.717, 1.165) is 11.0 Å². The van der Waals surface area contributed by atoms with E-state index < -0.39 is 17.7 Å². The molecule has 0 N–H and O–H groups in total. The molecule has 0 radical (unpaired) electrons. The summed E-state index contributed by atoms with van der Waals surface area (Å²) in [4.78, 5) is 24.0. The highest BCUT2D eigenvalue weighted by molar-refractivity contribution is 6.38. The van der Waals surface area contributed by atoms with E-state index in [9.17, 15) is 14.0 Å². The van der Waals surface area contributed by atoms with Crippen LogP contribution in [0.1, 0.15) is 6.92 Å². The topological polar surface area (TPSA) is 55.8 Å². The molecule has 0 atom stereocenters. The number of hydrogen-bond acceptors (Lipinski definition) is 4. The van der Waals surface area contributed by atoms with Crippen LogP contribution in [-0.4, -0.2) is 32.6 Å². The Bertz CT molecular complexity index is 461. The summed E-state index contributed by atoms with van der Waals surface area (Å²) >= 11 is 0. The number of hydrogen-bond donors (Lipinski definition) is 0. The number of ether oxygens (including phenoxy) is 2. The molecular formula is C12H14FNO4. The first-order valence-corrected chi connectivity index (χ1v) is 5.29. The standard InChI is InChI=1S/C12H14FNO4/c1-4-18-12(16)11(15)14(2)9-7-8(13)5-6-10(9)17-3/h5-7H,4H2,1-3H3. The lowest BCUT2D eigenvalue weighted by Gasteiger charge is -2.18. The minimum Gasteiger partial charge on any atom is -0.495 e. The molecule has 0 spiro atoms. The fraction of sp³-hybridized carbons (Fsp3) is 0.333. The van der Waals surface area contributed by atoms with E-state index in [-0.39, 0.29) is 18.0 Å². The van der Waals surface area contributed by atoms with Gasteiger partial charge in [-0.05, 0) is 19.1 Å². The van der Waals surface area contributed by atoms with Gasteiger partial charge in [-0.3, -0.25) is 4.79 Å². The van der Waals surface area contributed by atoms with Crippen molar-refractivity contribution < 1.29 is 23.5 Å². The molecule has 0 heterocycles. The molecule has 0 bridgehead atoms. The number of esters is 1. The summed E-state index contributed by atoms with van der Waals surface area (Å²) in [6.45, 7) is 1.69. The second-order valence-electron chi connectivity index (χ2n) is 3.40. The number of rotatable bonds is 3. The number of amides is 1. The van der Waals surface area contributed by atoms with Gasteiger partial charge in [-0.25, -0.2) is 9.18 Å². The average Bonchev–Trinajstić information content (AvgIpc) is 2.37. The third kappa shape index (κ3) is 2.97. The number of carbonyl (C=O) groups is 2. The predicted octanol–water partition coefficient (Wildman–Crippen LogP) is 1.36. The zero-order valence-electron chi connectivity index (χ0n) is 10.4. The van der Waals surface area contributed by atoms with Crippen LogP contribution in [0.3, 0.4) is 0 Å². The second-order valence-corrected chi connectivity index (χ2v) is 3.40. The maximum Gasteiger partial charge on any atom is 0.397 e. The Kier molecular flexibility index (Phi) is 4.65. The molecule has 0 saturated heterocycles. The molecule has 6 heteroatoms. The largest absolute Gasteiger partial charge is 0.495 e. The van der Waals surface area contributed by atoms with Crippen molar-refractivity contribution in [3.8, 4) is 5.75 Å². The molecule has 98 valence electrons. The highest BCUT2D eigenvalue weighted by Crippen LogP contribution is 2.28. The molecule has 1 aromatic rings. The minimum atomic E-state index is -0.994. The summed E-state index contributed by atoms with van der Waals surface area (Å²) in [7, 11) is 2.73. The number of nitrogens with zero attached hydrogens (tertiary/aromatic N) is 1. The third-order valence-electron chi connectivity index (χ3n) is 2.26. The Labute approximate surface area is 104 Å². The van der Waals surface area contributed by atoms with E-state index in [1.165, 1.54) is 26.3 Å². The van der Waals surface area contributed by atoms with Crippen LogP contribution < -0.4 is 9.64 Å². The van der Waals surface area contributed by atoms with Gasteiger partial charge in [0.2, 0.25) is 0 Å². The number of carbonyl (C=O) groups excluding carboxylic acids is 2. The van der Waals surface area contributed by atoms with Crippen molar-refractivity contribution >= 4 is 17.6 Å². The molecule has 0 aliphatic rings. The van der Waals surface area contributed by atoms with Crippen molar-refractivity contribution in [2.24, 2.45) is 0 Å². The highest BCUT2D eigenvalue weighted by Gasteiger charge is 2.23. The average molecular weight is 255 g/mol. The van der Waals surface area contributed by atoms with Gasteiger partial charge in [-0.2, -0.15) is 0 Å². The summed E-state index contributed by atoms with van der Waals surface area (Å²) in [6, 6.07) is 3.68. The fourth-order valence-electron chi connectivity index (χ4n) is 1.36. The maximum atomic E-state index is 13.1. The van der Waals surface area contributed by atoms with Crippen LogP contribution in [0.15, 0.2) is 18.2 Å². The first-order valence-electron chi connectivity index (χ1n) is 5.29. The fourth-order valence-corrected chi connectivity index (χ4v) is 1.36. The van der Waals surface area contributed by atoms with E-state index in [1.807, 2.05) is 0 Å². The van der Waals surface area contributed by atoms with E-state index in [2.05, 4.69) is 4.74 Å². The quantitative estimate of drug-likeness (QED) is 0.604. The molecule has 1 rings (SSSR count). The van der Waals surface area contributed by atoms with E-state index in [4.69, 9.17) is 4.74 Å². The van der Waals surface area contributed by atoms with Crippen LogP contribution in [0.5, 0.6) is 5.75 Å². The maximum absolute atomic E-state index is 13.1. The van der Waals surface area contributed by atoms with Crippen molar-refractivity contribution in [3.05, 3.63) is 24.0 Å². The van der Waals surface area contributed by atoms with Gasteiger partial charge in [0.25, 0.3) is 0 Å². The van der Waals surface area contributed by atoms with Crippen molar-refractivity contribution in [2.45, 2.75) is 6.92 Å². The molecule has 0 saturated carbocycles. The van der Waals surface area contributed by atoms with Crippen LogP contribution in [-0.2, 0) is 14.3 Å². The molecule has 1 amide bonds. The van der Waals surface area contributed by atoms with Crippen molar-refractivity contribution in [3.63, 3.8) is 0 Å². The minimum absolute atomic E-state index is 0.0959. The van der Waals surface area contributed by atoms with Crippen molar-refractivity contribution in [2.75, 3.05) is 25.7 Å². The summed E-state index contributed by atoms with van der Waals surface area (Å²) in [5.41, 5.74) is 0.163. The first kappa shape index (κ1) is 14.0. The molecule has 5 nitrogen and oxygen atoms in total. The second kappa shape index (κ2) is 6.00. The summed E-state index contributed by atoms with van der Waals surface area (Å²) in [5, 5.41) is 0. The lowest BCUT2D eigenvalue weighted by atomic mass is 10.2. The Morgan fingerprint density at radius 3 is 2.61 bits per heavy atom. The van der Waals surface area contributed by atoms with Gasteiger partial charge in [0, 0.05) is 13.1 Å². The van der Waals surface area contributed by atoms with Crippen LogP contribution in [0.25, 0.3) is 0 Å². The van der Waals surface area contributed by atoms with E-state index >= 15 is 0 Å². The first-order chi connectivity index (χ1) is 8.51. The predicted molar refractivity (Wildman–Crippen MR) is 63.0 cm³/mol. The number of anilines is 1. The zero-order chi connectivity index (χ0) is 13.7. The van der Waals surface area contributed by atoms with Gasteiger partial charge in [0.15, 0.2) is 0 Å². The smallest absolute Gasteiger partial charge is 0.397 e. The lowest BCUT2D eigenvalue weighted by molar-refractivity contribution is -0.153. The SMILES string of the molecule is CCOC(=O)C(=O)N(C)c1cc(F)ccc1OC. The van der Waals surface area contributed by atoms with Crippen LogP contribution in [0.2, 0.25) is 0 Å². The third-order valence-corrected chi connectivity index (χ3v) is 2.26. The molecule has 1 aromatic carbocycles. The van der Waals surface area contributed by atoms with Gasteiger partial charge < -0.3 is 14.4 Å². The van der Waals surface area contributed by atoms with E-state index in [1.54, 1.807) is 6.92 Å². The van der Waals surface area contributed by atoms with Crippen LogP contribution in [0.4, 0.5) is 10.1 Å². The monoisotopic (exact) mass is 255 g/mol. The molecule has 18 heavy (non-hydrogen) atoms. The molecular weight excluding hydrogens is 241 g/mol. The summed E-state index contributed by atoms with van der Waals surface area (Å²) in [5.74, 6) is -2.13. The van der Waals surface area contributed by atoms with Gasteiger partial charge >= 0.3 is 11.9 Å². The number of halogens is 1. The van der Waals surface area contributed by atoms with Gasteiger partial charge in [0.1, 0.15) is 11.6 Å². The van der Waals surface area contributed by atoms with Crippen LogP contribution >= 0.6 is 0 Å². The lowest BCUT2D eigenvalue weighted by Crippen LogP contribution is -2.34. The number of likely N-dealkylation sites (N-methyl/N-ethyl adjacent to an activating group) is 1. The van der Waals surface area contributed by atoms with E-state index in [0.29, 0.717) is 0 Å². The molecule has 0 aliphatic heterocycles. The van der Waals surface area contributed by atoms with Crippen molar-refractivity contribution in [1.29, 1.82) is 0 Å². The highest BCUT2D eigenvalue weighted by atomic mass is 19.1. The Hall–Kier alpha value is -2.11. The van der Waals surface area contributed by atoms with Gasteiger partial charge in [-0.15, -0.1) is 0 Å². The Balaban J connectivity index is 3.02. The molecule has 0 aliphatic carbocycles. The number of benzene rings is 1. The normalized spacial score (nSPS) is 9.78. The van der Waals surface area contributed by atoms with Crippen LogP contribution in [0, 0.1) is 5.82 Å². The molecule has 0 fully saturated rings. The molecule has 0 aromatic heterocycles. The zero-order valence-corrected chi connectivity index (χ0v) is 10.4. The Morgan fingerprint density at radius 2 is 2.06 bits per heavy atom. The summed E-state index contributed by atoms with van der Waals surface area (Å²) < 4.78 is 22.7. The summed E-state index contributed by atoms with van der Waals surface area (Å²) in [6.07, 6.45) is 0. The van der Waals surface area contributed by atoms with Crippen molar-refractivity contribution in [1.82, 2.24) is 0 Å².